The van der Waals surface area contributed by atoms with Crippen LogP contribution in [0.5, 0.6) is 5.75 Å². The summed E-state index contributed by atoms with van der Waals surface area (Å²) in [5, 5.41) is 0. The van der Waals surface area contributed by atoms with Gasteiger partial charge in [0, 0.05) is 12.0 Å². The Labute approximate surface area is 131 Å². The largest absolute Gasteiger partial charge is 0.493 e. The van der Waals surface area contributed by atoms with Crippen molar-refractivity contribution in [3.05, 3.63) is 29.8 Å². The van der Waals surface area contributed by atoms with Crippen LogP contribution < -0.4 is 4.74 Å². The van der Waals surface area contributed by atoms with Crippen LogP contribution in [0.1, 0.15) is 38.2 Å². The summed E-state index contributed by atoms with van der Waals surface area (Å²) in [6.07, 6.45) is 5.46. The van der Waals surface area contributed by atoms with E-state index in [1.807, 2.05) is 31.2 Å². The highest BCUT2D eigenvalue weighted by Crippen LogP contribution is 2.52. The highest BCUT2D eigenvalue weighted by Gasteiger charge is 2.51. The Morgan fingerprint density at radius 2 is 2.09 bits per heavy atom. The third-order valence-corrected chi connectivity index (χ3v) is 4.61. The molecule has 1 aromatic carbocycles. The third-order valence-electron chi connectivity index (χ3n) is 4.61. The summed E-state index contributed by atoms with van der Waals surface area (Å²) in [6.45, 7) is 3.87. The monoisotopic (exact) mass is 304 g/mol. The number of carbonyl (C=O) groups is 1. The highest BCUT2D eigenvalue weighted by atomic mass is 16.5. The lowest BCUT2D eigenvalue weighted by molar-refractivity contribution is -0.142. The molecule has 2 aliphatic rings. The first-order valence-electron chi connectivity index (χ1n) is 8.21. The summed E-state index contributed by atoms with van der Waals surface area (Å²) < 4.78 is 16.7. The molecule has 1 unspecified atom stereocenters. The van der Waals surface area contributed by atoms with Gasteiger partial charge in [-0.25, -0.2) is 0 Å². The Kier molecular flexibility index (Phi) is 4.67. The minimum Gasteiger partial charge on any atom is -0.493 e. The van der Waals surface area contributed by atoms with E-state index in [1.165, 1.54) is 25.7 Å². The van der Waals surface area contributed by atoms with Crippen molar-refractivity contribution in [2.24, 2.45) is 5.41 Å². The molecule has 1 heterocycles. The zero-order valence-electron chi connectivity index (χ0n) is 13.2. The van der Waals surface area contributed by atoms with E-state index < -0.39 is 0 Å². The lowest BCUT2D eigenvalue weighted by Crippen LogP contribution is -2.27. The number of rotatable bonds is 7. The second kappa shape index (κ2) is 6.69. The first-order chi connectivity index (χ1) is 10.7. The fourth-order valence-electron chi connectivity index (χ4n) is 3.09. The predicted octanol–water partition coefficient (Wildman–Crippen LogP) is 3.13. The van der Waals surface area contributed by atoms with Crippen LogP contribution in [0.4, 0.5) is 0 Å². The topological polar surface area (TPSA) is 44.8 Å². The van der Waals surface area contributed by atoms with E-state index in [9.17, 15) is 4.79 Å². The fraction of sp³-hybridized carbons (Fsp3) is 0.611. The van der Waals surface area contributed by atoms with Gasteiger partial charge in [-0.3, -0.25) is 4.79 Å². The van der Waals surface area contributed by atoms with Crippen molar-refractivity contribution in [1.29, 1.82) is 0 Å². The van der Waals surface area contributed by atoms with Crippen LogP contribution in [-0.4, -0.2) is 31.9 Å². The number of esters is 1. The van der Waals surface area contributed by atoms with Gasteiger partial charge in [0.15, 0.2) is 0 Å². The summed E-state index contributed by atoms with van der Waals surface area (Å²) in [4.78, 5) is 11.4. The Bertz CT molecular complexity index is 498. The van der Waals surface area contributed by atoms with Crippen LogP contribution >= 0.6 is 0 Å². The number of hydrogen-bond acceptors (Lipinski definition) is 4. The normalized spacial score (nSPS) is 22.3. The quantitative estimate of drug-likeness (QED) is 0.726. The number of benzene rings is 1. The first-order valence-corrected chi connectivity index (χ1v) is 8.21. The molecule has 2 fully saturated rings. The van der Waals surface area contributed by atoms with Crippen molar-refractivity contribution >= 4 is 5.97 Å². The molecule has 1 atom stereocenters. The fourth-order valence-corrected chi connectivity index (χ4v) is 3.09. The van der Waals surface area contributed by atoms with Crippen LogP contribution in [-0.2, 0) is 20.7 Å². The summed E-state index contributed by atoms with van der Waals surface area (Å²) in [6, 6.07) is 7.72. The molecule has 1 aliphatic carbocycles. The van der Waals surface area contributed by atoms with E-state index in [0.717, 1.165) is 24.5 Å². The van der Waals surface area contributed by atoms with Crippen LogP contribution in [0.25, 0.3) is 0 Å². The molecule has 4 nitrogen and oxygen atoms in total. The summed E-state index contributed by atoms with van der Waals surface area (Å²) >= 11 is 0. The highest BCUT2D eigenvalue weighted by molar-refractivity contribution is 5.72. The second-order valence-electron chi connectivity index (χ2n) is 6.28. The average Bonchev–Trinajstić information content (AvgIpc) is 3.10. The molecule has 0 radical (unpaired) electrons. The summed E-state index contributed by atoms with van der Waals surface area (Å²) in [5.41, 5.74) is 1.20. The van der Waals surface area contributed by atoms with Crippen LogP contribution in [0.2, 0.25) is 0 Å². The van der Waals surface area contributed by atoms with E-state index in [-0.39, 0.29) is 11.4 Å². The van der Waals surface area contributed by atoms with Gasteiger partial charge in [0.1, 0.15) is 5.75 Å². The molecule has 0 bridgehead atoms. The van der Waals surface area contributed by atoms with Gasteiger partial charge in [-0.2, -0.15) is 0 Å². The van der Waals surface area contributed by atoms with Gasteiger partial charge in [-0.1, -0.05) is 12.1 Å². The van der Waals surface area contributed by atoms with E-state index in [4.69, 9.17) is 14.2 Å². The first kappa shape index (κ1) is 15.3. The van der Waals surface area contributed by atoms with Gasteiger partial charge in [-0.15, -0.1) is 0 Å². The molecule has 1 saturated heterocycles. The Balaban J connectivity index is 1.50. The van der Waals surface area contributed by atoms with Crippen LogP contribution in [0, 0.1) is 5.41 Å². The van der Waals surface area contributed by atoms with Crippen LogP contribution in [0.3, 0.4) is 0 Å². The zero-order chi connectivity index (χ0) is 15.4. The van der Waals surface area contributed by atoms with E-state index in [1.54, 1.807) is 0 Å². The Morgan fingerprint density at radius 3 is 2.68 bits per heavy atom. The van der Waals surface area contributed by atoms with Gasteiger partial charge in [-0.05, 0) is 50.3 Å². The molecule has 0 amide bonds. The average molecular weight is 304 g/mol. The summed E-state index contributed by atoms with van der Waals surface area (Å²) in [7, 11) is 0. The minimum atomic E-state index is -0.188. The van der Waals surface area contributed by atoms with Crippen molar-refractivity contribution in [1.82, 2.24) is 0 Å². The Morgan fingerprint density at radius 1 is 1.32 bits per heavy atom. The number of carbonyl (C=O) groups excluding carboxylic acids is 1. The van der Waals surface area contributed by atoms with Gasteiger partial charge in [0.25, 0.3) is 0 Å². The molecule has 0 N–H and O–H groups in total. The predicted molar refractivity (Wildman–Crippen MR) is 82.9 cm³/mol. The molecular weight excluding hydrogens is 280 g/mol. The van der Waals surface area contributed by atoms with Gasteiger partial charge >= 0.3 is 5.97 Å². The Hall–Kier alpha value is -1.55. The SMILES string of the molecule is CCOC(=O)Cc1ccc(OCC2(C3CCCO3)CC2)cc1. The van der Waals surface area contributed by atoms with Crippen molar-refractivity contribution in [3.8, 4) is 5.75 Å². The zero-order valence-corrected chi connectivity index (χ0v) is 13.2. The molecule has 1 aromatic rings. The molecule has 1 aliphatic heterocycles. The molecule has 120 valence electrons. The van der Waals surface area contributed by atoms with Crippen molar-refractivity contribution in [2.45, 2.75) is 45.1 Å². The standard InChI is InChI=1S/C18H24O4/c1-2-20-17(19)12-14-5-7-15(8-6-14)22-13-18(9-10-18)16-4-3-11-21-16/h5-8,16H,2-4,9-13H2,1H3. The molecule has 0 spiro atoms. The van der Waals surface area contributed by atoms with E-state index >= 15 is 0 Å². The molecule has 22 heavy (non-hydrogen) atoms. The second-order valence-corrected chi connectivity index (χ2v) is 6.28. The molecule has 0 aromatic heterocycles. The van der Waals surface area contributed by atoms with E-state index in [2.05, 4.69) is 0 Å². The van der Waals surface area contributed by atoms with Crippen molar-refractivity contribution in [2.75, 3.05) is 19.8 Å². The van der Waals surface area contributed by atoms with E-state index in [0.29, 0.717) is 19.1 Å². The lowest BCUT2D eigenvalue weighted by Gasteiger charge is -2.22. The van der Waals surface area contributed by atoms with Crippen molar-refractivity contribution < 1.29 is 19.0 Å². The maximum Gasteiger partial charge on any atom is 0.310 e. The maximum absolute atomic E-state index is 11.4. The number of hydrogen-bond donors (Lipinski definition) is 0. The number of ether oxygens (including phenoxy) is 3. The minimum absolute atomic E-state index is 0.188. The molecule has 3 rings (SSSR count). The molecule has 1 saturated carbocycles. The molecular formula is C18H24O4. The van der Waals surface area contributed by atoms with Gasteiger partial charge in [0.2, 0.25) is 0 Å². The van der Waals surface area contributed by atoms with Gasteiger partial charge in [0.05, 0.1) is 25.7 Å². The lowest BCUT2D eigenvalue weighted by atomic mass is 9.98. The molecule has 4 heteroatoms. The van der Waals surface area contributed by atoms with Crippen molar-refractivity contribution in [3.63, 3.8) is 0 Å². The van der Waals surface area contributed by atoms with Gasteiger partial charge < -0.3 is 14.2 Å². The third kappa shape index (κ3) is 3.61. The van der Waals surface area contributed by atoms with Crippen LogP contribution in [0.15, 0.2) is 24.3 Å². The smallest absolute Gasteiger partial charge is 0.310 e. The summed E-state index contributed by atoms with van der Waals surface area (Å²) in [5.74, 6) is 0.670. The maximum atomic E-state index is 11.4.